The van der Waals surface area contributed by atoms with Gasteiger partial charge in [0.05, 0.1) is 4.90 Å². The second-order valence-corrected chi connectivity index (χ2v) is 9.16. The van der Waals surface area contributed by atoms with Crippen molar-refractivity contribution in [1.82, 2.24) is 4.72 Å². The summed E-state index contributed by atoms with van der Waals surface area (Å²) in [6.45, 7) is 6.00. The molecule has 0 atom stereocenters. The Morgan fingerprint density at radius 1 is 0.871 bits per heavy atom. The Labute approximate surface area is 184 Å². The number of sulfonamides is 1. The van der Waals surface area contributed by atoms with E-state index in [0.29, 0.717) is 12.0 Å². The van der Waals surface area contributed by atoms with E-state index in [0.717, 1.165) is 34.4 Å². The maximum absolute atomic E-state index is 13.0. The molecule has 6 heteroatoms. The number of anilines is 1. The normalized spacial score (nSPS) is 11.3. The van der Waals surface area contributed by atoms with Crippen molar-refractivity contribution in [1.29, 1.82) is 0 Å². The lowest BCUT2D eigenvalue weighted by Gasteiger charge is -2.18. The maximum atomic E-state index is 13.0. The molecule has 0 bridgehead atoms. The van der Waals surface area contributed by atoms with E-state index in [9.17, 15) is 13.2 Å². The van der Waals surface area contributed by atoms with Gasteiger partial charge in [-0.2, -0.15) is 0 Å². The predicted octanol–water partition coefficient (Wildman–Crippen LogP) is 4.85. The number of hydrogen-bond donors (Lipinski definition) is 2. The fourth-order valence-electron chi connectivity index (χ4n) is 3.66. The molecule has 0 unspecified atom stereocenters. The van der Waals surface area contributed by atoms with Crippen LogP contribution < -0.4 is 10.0 Å². The number of amides is 1. The summed E-state index contributed by atoms with van der Waals surface area (Å²) < 4.78 is 28.4. The first-order valence-corrected chi connectivity index (χ1v) is 11.9. The topological polar surface area (TPSA) is 75.3 Å². The zero-order chi connectivity index (χ0) is 22.4. The smallest absolute Gasteiger partial charge is 0.255 e. The van der Waals surface area contributed by atoms with Gasteiger partial charge in [0.25, 0.3) is 5.91 Å². The molecule has 0 saturated heterocycles. The standard InChI is InChI=1S/C25H28N2O3S/c1-4-19-14-15-23(25(28)27-20-11-7-6-8-12-20)22(5-2)24(19)17-26-31(29,30)21-13-9-10-18(3)16-21/h6-16,26H,4-5,17H2,1-3H3,(H,27,28). The number of benzene rings is 3. The van der Waals surface area contributed by atoms with Gasteiger partial charge in [-0.3, -0.25) is 4.79 Å². The molecule has 31 heavy (non-hydrogen) atoms. The molecule has 162 valence electrons. The highest BCUT2D eigenvalue weighted by molar-refractivity contribution is 7.89. The molecule has 3 rings (SSSR count). The highest BCUT2D eigenvalue weighted by Crippen LogP contribution is 2.23. The van der Waals surface area contributed by atoms with Gasteiger partial charge in [0.2, 0.25) is 10.0 Å². The van der Waals surface area contributed by atoms with Crippen molar-refractivity contribution in [2.24, 2.45) is 0 Å². The molecule has 2 N–H and O–H groups in total. The third-order valence-electron chi connectivity index (χ3n) is 5.28. The van der Waals surface area contributed by atoms with Crippen LogP contribution in [0.2, 0.25) is 0 Å². The number of para-hydroxylation sites is 1. The van der Waals surface area contributed by atoms with Crippen LogP contribution in [0.1, 0.15) is 46.5 Å². The van der Waals surface area contributed by atoms with Gasteiger partial charge in [0, 0.05) is 17.8 Å². The lowest BCUT2D eigenvalue weighted by Crippen LogP contribution is -2.25. The zero-order valence-electron chi connectivity index (χ0n) is 18.1. The summed E-state index contributed by atoms with van der Waals surface area (Å²) in [6.07, 6.45) is 1.36. The average molecular weight is 437 g/mol. The van der Waals surface area contributed by atoms with Crippen molar-refractivity contribution in [3.63, 3.8) is 0 Å². The van der Waals surface area contributed by atoms with E-state index in [-0.39, 0.29) is 17.3 Å². The summed E-state index contributed by atoms with van der Waals surface area (Å²) in [5.41, 5.74) is 4.91. The van der Waals surface area contributed by atoms with E-state index in [1.54, 1.807) is 18.2 Å². The van der Waals surface area contributed by atoms with Gasteiger partial charge in [0.1, 0.15) is 0 Å². The fraction of sp³-hybridized carbons (Fsp3) is 0.240. The van der Waals surface area contributed by atoms with E-state index in [1.165, 1.54) is 0 Å². The third kappa shape index (κ3) is 5.40. The van der Waals surface area contributed by atoms with E-state index in [4.69, 9.17) is 0 Å². The van der Waals surface area contributed by atoms with Crippen molar-refractivity contribution in [3.8, 4) is 0 Å². The van der Waals surface area contributed by atoms with E-state index < -0.39 is 10.0 Å². The van der Waals surface area contributed by atoms with Crippen LogP contribution in [0.15, 0.2) is 71.6 Å². The Balaban J connectivity index is 1.92. The third-order valence-corrected chi connectivity index (χ3v) is 6.68. The molecule has 0 saturated carbocycles. The van der Waals surface area contributed by atoms with Gasteiger partial charge in [-0.05, 0) is 72.4 Å². The Kier molecular flexibility index (Phi) is 7.25. The van der Waals surface area contributed by atoms with Gasteiger partial charge in [-0.25, -0.2) is 13.1 Å². The van der Waals surface area contributed by atoms with Crippen LogP contribution in [0.3, 0.4) is 0 Å². The lowest BCUT2D eigenvalue weighted by molar-refractivity contribution is 0.102. The Morgan fingerprint density at radius 2 is 1.61 bits per heavy atom. The van der Waals surface area contributed by atoms with Gasteiger partial charge in [-0.15, -0.1) is 0 Å². The van der Waals surface area contributed by atoms with E-state index in [2.05, 4.69) is 10.0 Å². The molecule has 0 aliphatic carbocycles. The second-order valence-electron chi connectivity index (χ2n) is 7.40. The first-order valence-electron chi connectivity index (χ1n) is 10.4. The molecule has 3 aromatic carbocycles. The van der Waals surface area contributed by atoms with Gasteiger partial charge in [0.15, 0.2) is 0 Å². The molecule has 0 spiro atoms. The largest absolute Gasteiger partial charge is 0.322 e. The van der Waals surface area contributed by atoms with Crippen molar-refractivity contribution in [2.45, 2.75) is 45.1 Å². The summed E-state index contributed by atoms with van der Waals surface area (Å²) in [6, 6.07) is 19.8. The number of rotatable bonds is 8. The maximum Gasteiger partial charge on any atom is 0.255 e. The monoisotopic (exact) mass is 436 g/mol. The highest BCUT2D eigenvalue weighted by atomic mass is 32.2. The second kappa shape index (κ2) is 9.90. The summed E-state index contributed by atoms with van der Waals surface area (Å²) in [7, 11) is -3.66. The molecule has 0 radical (unpaired) electrons. The Morgan fingerprint density at radius 3 is 2.26 bits per heavy atom. The number of nitrogens with one attached hydrogen (secondary N) is 2. The molecule has 0 aliphatic heterocycles. The molecule has 0 fully saturated rings. The molecule has 0 aromatic heterocycles. The SMILES string of the molecule is CCc1ccc(C(=O)Nc2ccccc2)c(CC)c1CNS(=O)(=O)c1cccc(C)c1. The van der Waals surface area contributed by atoms with Crippen LogP contribution in [0.25, 0.3) is 0 Å². The molecular formula is C25H28N2O3S. The Bertz CT molecular complexity index is 1170. The van der Waals surface area contributed by atoms with Crippen LogP contribution in [-0.2, 0) is 29.4 Å². The van der Waals surface area contributed by atoms with E-state index in [1.807, 2.05) is 69.3 Å². The number of carbonyl (C=O) groups is 1. The minimum Gasteiger partial charge on any atom is -0.322 e. The van der Waals surface area contributed by atoms with Crippen molar-refractivity contribution in [3.05, 3.63) is 94.5 Å². The fourth-order valence-corrected chi connectivity index (χ4v) is 4.76. The van der Waals surface area contributed by atoms with Crippen molar-refractivity contribution < 1.29 is 13.2 Å². The molecule has 1 amide bonds. The number of carbonyl (C=O) groups excluding carboxylic acids is 1. The highest BCUT2D eigenvalue weighted by Gasteiger charge is 2.20. The molecular weight excluding hydrogens is 408 g/mol. The van der Waals surface area contributed by atoms with Crippen LogP contribution in [0, 0.1) is 6.92 Å². The van der Waals surface area contributed by atoms with E-state index >= 15 is 0 Å². The molecule has 0 aliphatic rings. The molecule has 5 nitrogen and oxygen atoms in total. The quantitative estimate of drug-likeness (QED) is 0.530. The van der Waals surface area contributed by atoms with Gasteiger partial charge < -0.3 is 5.32 Å². The predicted molar refractivity (Wildman–Crippen MR) is 125 cm³/mol. The lowest BCUT2D eigenvalue weighted by atomic mass is 9.92. The van der Waals surface area contributed by atoms with Crippen LogP contribution in [0.5, 0.6) is 0 Å². The Hall–Kier alpha value is -2.96. The van der Waals surface area contributed by atoms with Gasteiger partial charge in [-0.1, -0.05) is 50.2 Å². The molecule has 0 heterocycles. The zero-order valence-corrected chi connectivity index (χ0v) is 18.9. The first kappa shape index (κ1) is 22.7. The summed E-state index contributed by atoms with van der Waals surface area (Å²) in [5.74, 6) is -0.200. The van der Waals surface area contributed by atoms with Crippen LogP contribution in [-0.4, -0.2) is 14.3 Å². The number of aryl methyl sites for hydroxylation is 2. The number of hydrogen-bond acceptors (Lipinski definition) is 3. The average Bonchev–Trinajstić information content (AvgIpc) is 2.77. The van der Waals surface area contributed by atoms with Crippen LogP contribution >= 0.6 is 0 Å². The van der Waals surface area contributed by atoms with Crippen molar-refractivity contribution in [2.75, 3.05) is 5.32 Å². The first-order chi connectivity index (χ1) is 14.9. The minimum absolute atomic E-state index is 0.134. The molecule has 3 aromatic rings. The van der Waals surface area contributed by atoms with Crippen LogP contribution in [0.4, 0.5) is 5.69 Å². The summed E-state index contributed by atoms with van der Waals surface area (Å²) in [4.78, 5) is 13.2. The summed E-state index contributed by atoms with van der Waals surface area (Å²) >= 11 is 0. The van der Waals surface area contributed by atoms with Gasteiger partial charge >= 0.3 is 0 Å². The van der Waals surface area contributed by atoms with Crippen molar-refractivity contribution >= 4 is 21.6 Å². The minimum atomic E-state index is -3.66. The summed E-state index contributed by atoms with van der Waals surface area (Å²) in [5, 5.41) is 2.92.